The first kappa shape index (κ1) is 15.5. The van der Waals surface area contributed by atoms with Crippen LogP contribution in [0.15, 0.2) is 24.4 Å². The molecule has 21 heavy (non-hydrogen) atoms. The minimum absolute atomic E-state index is 0.0417. The first-order valence-electron chi connectivity index (χ1n) is 7.04. The van der Waals surface area contributed by atoms with E-state index in [-0.39, 0.29) is 30.6 Å². The van der Waals surface area contributed by atoms with Crippen molar-refractivity contribution in [2.24, 2.45) is 5.92 Å². The molecule has 2 rings (SSSR count). The van der Waals surface area contributed by atoms with E-state index in [9.17, 15) is 14.3 Å². The number of fused-ring (bicyclic) bond motifs is 1. The molecular weight excluding hydrogens is 271 g/mol. The molecule has 1 aromatic carbocycles. The molecule has 0 aliphatic carbocycles. The fourth-order valence-electron chi connectivity index (χ4n) is 2.01. The molecule has 4 nitrogen and oxygen atoms in total. The summed E-state index contributed by atoms with van der Waals surface area (Å²) >= 11 is 0. The largest absolute Gasteiger partial charge is 0.388 e. The Balaban J connectivity index is 2.03. The van der Waals surface area contributed by atoms with Gasteiger partial charge in [0.15, 0.2) is 0 Å². The molecule has 0 aliphatic heterocycles. The summed E-state index contributed by atoms with van der Waals surface area (Å²) in [5, 5.41) is 13.5. The molecule has 0 radical (unpaired) electrons. The molecule has 1 aromatic heterocycles. The van der Waals surface area contributed by atoms with Crippen LogP contribution in [0.2, 0.25) is 0 Å². The zero-order chi connectivity index (χ0) is 15.6. The number of nitrogens with one attached hydrogen (secondary N) is 2. The van der Waals surface area contributed by atoms with Crippen LogP contribution in [0.25, 0.3) is 10.9 Å². The van der Waals surface area contributed by atoms with Crippen LogP contribution in [0.4, 0.5) is 4.39 Å². The Morgan fingerprint density at radius 2 is 2.19 bits per heavy atom. The smallest absolute Gasteiger partial charge is 0.224 e. The molecule has 2 aromatic rings. The second-order valence-corrected chi connectivity index (χ2v) is 5.97. The second kappa shape index (κ2) is 5.85. The Kier molecular flexibility index (Phi) is 4.32. The summed E-state index contributed by atoms with van der Waals surface area (Å²) in [5.74, 6) is -0.479. The lowest BCUT2D eigenvalue weighted by Crippen LogP contribution is -2.44. The molecule has 1 heterocycles. The van der Waals surface area contributed by atoms with Gasteiger partial charge in [0.25, 0.3) is 0 Å². The summed E-state index contributed by atoms with van der Waals surface area (Å²) in [7, 11) is 0. The topological polar surface area (TPSA) is 65.1 Å². The van der Waals surface area contributed by atoms with E-state index < -0.39 is 5.60 Å². The number of aromatic amines is 1. The lowest BCUT2D eigenvalue weighted by Gasteiger charge is -2.27. The van der Waals surface area contributed by atoms with E-state index in [1.807, 2.05) is 13.8 Å². The zero-order valence-electron chi connectivity index (χ0n) is 12.5. The highest BCUT2D eigenvalue weighted by Crippen LogP contribution is 2.20. The number of hydrogen-bond acceptors (Lipinski definition) is 2. The monoisotopic (exact) mass is 292 g/mol. The molecule has 0 saturated carbocycles. The molecule has 0 spiro atoms. The van der Waals surface area contributed by atoms with Crippen LogP contribution < -0.4 is 5.32 Å². The maximum absolute atomic E-state index is 13.3. The molecule has 1 unspecified atom stereocenters. The summed E-state index contributed by atoms with van der Waals surface area (Å²) in [6, 6.07) is 4.44. The number of rotatable bonds is 5. The van der Waals surface area contributed by atoms with E-state index >= 15 is 0 Å². The molecule has 1 amide bonds. The van der Waals surface area contributed by atoms with Crippen molar-refractivity contribution in [3.8, 4) is 0 Å². The van der Waals surface area contributed by atoms with Crippen molar-refractivity contribution >= 4 is 16.8 Å². The van der Waals surface area contributed by atoms with E-state index in [0.29, 0.717) is 5.39 Å². The average Bonchev–Trinajstić information content (AvgIpc) is 2.79. The fraction of sp³-hybridized carbons (Fsp3) is 0.438. The normalized spacial score (nSPS) is 14.4. The van der Waals surface area contributed by atoms with Gasteiger partial charge in [-0.05, 0) is 36.6 Å². The molecule has 114 valence electrons. The van der Waals surface area contributed by atoms with Crippen molar-refractivity contribution < 1.29 is 14.3 Å². The van der Waals surface area contributed by atoms with Crippen molar-refractivity contribution in [2.75, 3.05) is 6.54 Å². The van der Waals surface area contributed by atoms with Crippen LogP contribution in [0.1, 0.15) is 26.3 Å². The van der Waals surface area contributed by atoms with Gasteiger partial charge in [-0.15, -0.1) is 0 Å². The van der Waals surface area contributed by atoms with Gasteiger partial charge in [0, 0.05) is 23.6 Å². The quantitative estimate of drug-likeness (QED) is 0.792. The number of H-pyrrole nitrogens is 1. The molecular formula is C16H21FN2O2. The third-order valence-electron chi connectivity index (χ3n) is 3.97. The maximum atomic E-state index is 13.3. The van der Waals surface area contributed by atoms with Crippen molar-refractivity contribution in [1.29, 1.82) is 0 Å². The number of amides is 1. The molecule has 0 aliphatic rings. The highest BCUT2D eigenvalue weighted by molar-refractivity contribution is 5.88. The van der Waals surface area contributed by atoms with E-state index in [1.165, 1.54) is 12.1 Å². The number of aromatic nitrogens is 1. The Morgan fingerprint density at radius 3 is 2.86 bits per heavy atom. The van der Waals surface area contributed by atoms with Gasteiger partial charge in [0.05, 0.1) is 12.0 Å². The lowest BCUT2D eigenvalue weighted by molar-refractivity contribution is -0.122. The van der Waals surface area contributed by atoms with Crippen molar-refractivity contribution in [1.82, 2.24) is 10.3 Å². The van der Waals surface area contributed by atoms with E-state index in [0.717, 1.165) is 11.1 Å². The predicted molar refractivity (Wildman–Crippen MR) is 80.4 cm³/mol. The van der Waals surface area contributed by atoms with Crippen LogP contribution in [0.3, 0.4) is 0 Å². The zero-order valence-corrected chi connectivity index (χ0v) is 12.5. The minimum Gasteiger partial charge on any atom is -0.388 e. The Bertz CT molecular complexity index is 647. The Hall–Kier alpha value is -1.88. The number of carbonyl (C=O) groups excluding carboxylic acids is 1. The van der Waals surface area contributed by atoms with E-state index in [1.54, 1.807) is 19.2 Å². The number of benzene rings is 1. The highest BCUT2D eigenvalue weighted by atomic mass is 19.1. The van der Waals surface area contributed by atoms with Crippen LogP contribution in [-0.4, -0.2) is 28.1 Å². The Morgan fingerprint density at radius 1 is 1.48 bits per heavy atom. The first-order chi connectivity index (χ1) is 9.79. The minimum atomic E-state index is -0.942. The van der Waals surface area contributed by atoms with Crippen LogP contribution in [-0.2, 0) is 11.2 Å². The van der Waals surface area contributed by atoms with Crippen LogP contribution in [0, 0.1) is 11.7 Å². The third kappa shape index (κ3) is 3.61. The van der Waals surface area contributed by atoms with Gasteiger partial charge in [-0.1, -0.05) is 13.8 Å². The van der Waals surface area contributed by atoms with Gasteiger partial charge in [-0.2, -0.15) is 0 Å². The van der Waals surface area contributed by atoms with Gasteiger partial charge in [-0.3, -0.25) is 4.79 Å². The first-order valence-corrected chi connectivity index (χ1v) is 7.04. The fourth-order valence-corrected chi connectivity index (χ4v) is 2.01. The summed E-state index contributed by atoms with van der Waals surface area (Å²) in [4.78, 5) is 15.0. The predicted octanol–water partition coefficient (Wildman–Crippen LogP) is 2.37. The van der Waals surface area contributed by atoms with Gasteiger partial charge in [0.2, 0.25) is 5.91 Å². The van der Waals surface area contributed by atoms with Gasteiger partial charge in [0.1, 0.15) is 5.82 Å². The SMILES string of the molecule is CC(C)C(C)(O)CNC(=O)Cc1c[nH]c2ccc(F)cc12. The summed E-state index contributed by atoms with van der Waals surface area (Å²) in [6.45, 7) is 5.68. The van der Waals surface area contributed by atoms with Crippen molar-refractivity contribution in [2.45, 2.75) is 32.8 Å². The highest BCUT2D eigenvalue weighted by Gasteiger charge is 2.25. The van der Waals surface area contributed by atoms with Gasteiger partial charge < -0.3 is 15.4 Å². The molecule has 0 fully saturated rings. The molecule has 0 saturated heterocycles. The van der Waals surface area contributed by atoms with E-state index in [2.05, 4.69) is 10.3 Å². The van der Waals surface area contributed by atoms with Gasteiger partial charge >= 0.3 is 0 Å². The summed E-state index contributed by atoms with van der Waals surface area (Å²) in [5.41, 5.74) is 0.599. The third-order valence-corrected chi connectivity index (χ3v) is 3.97. The van der Waals surface area contributed by atoms with E-state index in [4.69, 9.17) is 0 Å². The van der Waals surface area contributed by atoms with Crippen LogP contribution in [0.5, 0.6) is 0 Å². The number of carbonyl (C=O) groups is 1. The van der Waals surface area contributed by atoms with Crippen molar-refractivity contribution in [3.05, 3.63) is 35.8 Å². The summed E-state index contributed by atoms with van der Waals surface area (Å²) < 4.78 is 13.3. The lowest BCUT2D eigenvalue weighted by atomic mass is 9.92. The number of hydrogen-bond donors (Lipinski definition) is 3. The standard InChI is InChI=1S/C16H21FN2O2/c1-10(2)16(3,21)9-19-15(20)6-11-8-18-14-5-4-12(17)7-13(11)14/h4-5,7-8,10,18,21H,6,9H2,1-3H3,(H,19,20). The van der Waals surface area contributed by atoms with Crippen LogP contribution >= 0.6 is 0 Å². The number of halogens is 1. The van der Waals surface area contributed by atoms with Crippen molar-refractivity contribution in [3.63, 3.8) is 0 Å². The molecule has 3 N–H and O–H groups in total. The number of aliphatic hydroxyl groups is 1. The molecule has 1 atom stereocenters. The second-order valence-electron chi connectivity index (χ2n) is 5.97. The maximum Gasteiger partial charge on any atom is 0.224 e. The average molecular weight is 292 g/mol. The Labute approximate surface area is 123 Å². The van der Waals surface area contributed by atoms with Gasteiger partial charge in [-0.25, -0.2) is 4.39 Å². The summed E-state index contributed by atoms with van der Waals surface area (Å²) in [6.07, 6.45) is 1.86. The molecule has 0 bridgehead atoms. The molecule has 5 heteroatoms.